The smallest absolute Gasteiger partial charge is 0.373 e. The molecule has 8 bridgehead atoms. The Kier molecular flexibility index (Phi) is 22.6. The topological polar surface area (TPSA) is 111 Å². The molecule has 20 heteroatoms. The summed E-state index contributed by atoms with van der Waals surface area (Å²) in [5.74, 6) is 0. The van der Waals surface area contributed by atoms with E-state index in [0.29, 0.717) is 74.0 Å². The molecular formula is C60H88O12Si8. The highest BCUT2D eigenvalue weighted by atomic mass is 28.6. The molecular weight excluding hydrogens is 1140 g/mol. The molecule has 6 saturated heterocycles. The molecule has 8 unspecified atom stereocenters. The van der Waals surface area contributed by atoms with Crippen molar-refractivity contribution in [2.75, 3.05) is 0 Å². The van der Waals surface area contributed by atoms with Crippen LogP contribution in [0.3, 0.4) is 0 Å². The quantitative estimate of drug-likeness (QED) is 0.0246. The van der Waals surface area contributed by atoms with Crippen LogP contribution in [-0.4, -0.2) is 70.4 Å². The summed E-state index contributed by atoms with van der Waals surface area (Å²) in [4.78, 5) is 0. The van der Waals surface area contributed by atoms with E-state index >= 15 is 0 Å². The number of hydrogen-bond donors (Lipinski definition) is 0. The predicted octanol–water partition coefficient (Wildman–Crippen LogP) is 15.7. The monoisotopic (exact) mass is 1220 g/mol. The van der Waals surface area contributed by atoms with E-state index in [1.54, 1.807) is 0 Å². The van der Waals surface area contributed by atoms with Gasteiger partial charge in [-0.05, 0) is 151 Å². The molecule has 0 aromatic heterocycles. The zero-order valence-corrected chi connectivity index (χ0v) is 55.4. The fourth-order valence-electron chi connectivity index (χ4n) is 11.7. The number of aryl methyl sites for hydroxylation is 4. The molecule has 0 N–H and O–H groups in total. The molecule has 0 saturated carbocycles. The summed E-state index contributed by atoms with van der Waals surface area (Å²) in [5, 5.41) is 0. The van der Waals surface area contributed by atoms with Gasteiger partial charge in [-0.25, -0.2) is 0 Å². The Morgan fingerprint density at radius 1 is 0.225 bits per heavy atom. The highest BCUT2D eigenvalue weighted by molar-refractivity contribution is 7.03. The molecule has 0 amide bonds. The molecule has 6 heterocycles. The lowest BCUT2D eigenvalue weighted by Crippen LogP contribution is -2.88. The molecule has 8 atom stereocenters. The van der Waals surface area contributed by atoms with Crippen LogP contribution in [0.15, 0.2) is 172 Å². The van der Waals surface area contributed by atoms with E-state index in [4.69, 9.17) is 49.4 Å². The van der Waals surface area contributed by atoms with Gasteiger partial charge in [0.1, 0.15) is 0 Å². The molecule has 432 valence electrons. The van der Waals surface area contributed by atoms with E-state index in [0.717, 1.165) is 103 Å². The van der Waals surface area contributed by atoms with Gasteiger partial charge < -0.3 is 49.4 Å². The standard InChI is InChI=1S/C60H88O12Si8/c1-5-9-13-29-49-73-61-74(50-30-14-10-6-2)63-76(52-32-16-12-8-4)67-77(64-73,53-33-45-57-37-21-17-22-38-57)70-79(55-35-47-59-41-25-19-26-42-59)68-75(62-73,51-31-15-11-7-3)66-78(65-74,54-34-46-58-39-23-18-24-40-58)71-80(69-76,72-79)56-36-48-60-43-27-20-28-44-60/h5-8,17-28,37-44H,1-4,9-16,29-36,45-56H2. The molecule has 4 aromatic carbocycles. The van der Waals surface area contributed by atoms with Crippen LogP contribution in [0, 0.1) is 0 Å². The lowest BCUT2D eigenvalue weighted by molar-refractivity contribution is -0.0312. The molecule has 0 radical (unpaired) electrons. The predicted molar refractivity (Wildman–Crippen MR) is 333 cm³/mol. The van der Waals surface area contributed by atoms with Crippen LogP contribution < -0.4 is 0 Å². The lowest BCUT2D eigenvalue weighted by atomic mass is 10.1. The maximum Gasteiger partial charge on any atom is 0.478 e. The Bertz CT molecular complexity index is 2400. The first-order chi connectivity index (χ1) is 39.0. The van der Waals surface area contributed by atoms with Gasteiger partial charge in [-0.15, -0.1) is 26.3 Å². The first-order valence-electron chi connectivity index (χ1n) is 30.1. The molecule has 6 aliphatic heterocycles. The van der Waals surface area contributed by atoms with Gasteiger partial charge in [0.15, 0.2) is 0 Å². The number of hydrogen-bond acceptors (Lipinski definition) is 12. The summed E-state index contributed by atoms with van der Waals surface area (Å²) in [6.07, 6.45) is 23.4. The molecule has 0 spiro atoms. The molecule has 10 rings (SSSR count). The van der Waals surface area contributed by atoms with Crippen LogP contribution in [0.25, 0.3) is 0 Å². The van der Waals surface area contributed by atoms with Crippen molar-refractivity contribution in [1.29, 1.82) is 0 Å². The van der Waals surface area contributed by atoms with Gasteiger partial charge >= 0.3 is 70.4 Å². The van der Waals surface area contributed by atoms with Crippen LogP contribution in [0.5, 0.6) is 0 Å². The van der Waals surface area contributed by atoms with E-state index in [2.05, 4.69) is 148 Å². The Morgan fingerprint density at radius 3 is 0.550 bits per heavy atom. The normalized spacial score (nSPS) is 30.4. The van der Waals surface area contributed by atoms with Gasteiger partial charge in [-0.3, -0.25) is 0 Å². The second-order valence-corrected chi connectivity index (χ2v) is 46.9. The number of rotatable bonds is 36. The zero-order chi connectivity index (χ0) is 55.6. The van der Waals surface area contributed by atoms with Crippen LogP contribution in [0.4, 0.5) is 0 Å². The Balaban J connectivity index is 1.28. The molecule has 4 aromatic rings. The van der Waals surface area contributed by atoms with Crippen LogP contribution in [0.1, 0.15) is 125 Å². The SMILES string of the molecule is C=CCCCC[Si]12O[Si]3(CCCCC=C)O[Si]4(CCCCC=C)O[Si](CCCc5ccccc5)(O1)O[Si]1(CCCc5ccccc5)O[Si](CCCCC=C)(O2)O[Si](CCCc2ccccc2)(O3)O[Si](CCCc2ccccc2)(O4)O1. The third-order valence-corrected chi connectivity index (χ3v) is 53.0. The van der Waals surface area contributed by atoms with Crippen molar-refractivity contribution < 1.29 is 49.4 Å². The van der Waals surface area contributed by atoms with Crippen molar-refractivity contribution >= 4 is 70.4 Å². The molecule has 6 fully saturated rings. The summed E-state index contributed by atoms with van der Waals surface area (Å²) < 4.78 is 98.6. The maximum absolute atomic E-state index is 8.27. The van der Waals surface area contributed by atoms with Crippen LogP contribution >= 0.6 is 0 Å². The Hall–Kier alpha value is -2.90. The first-order valence-corrected chi connectivity index (χ1v) is 45.5. The van der Waals surface area contributed by atoms with E-state index < -0.39 is 70.4 Å². The molecule has 0 aliphatic carbocycles. The minimum Gasteiger partial charge on any atom is -0.373 e. The molecule has 12 nitrogen and oxygen atoms in total. The minimum absolute atomic E-state index is 0.436. The van der Waals surface area contributed by atoms with Crippen molar-refractivity contribution in [3.63, 3.8) is 0 Å². The van der Waals surface area contributed by atoms with Gasteiger partial charge in [-0.2, -0.15) is 0 Å². The van der Waals surface area contributed by atoms with Crippen molar-refractivity contribution in [2.24, 2.45) is 0 Å². The van der Waals surface area contributed by atoms with Gasteiger partial charge in [0.25, 0.3) is 0 Å². The lowest BCUT2D eigenvalue weighted by Gasteiger charge is -2.63. The van der Waals surface area contributed by atoms with Crippen LogP contribution in [0.2, 0.25) is 48.4 Å². The average Bonchev–Trinajstić information content (AvgIpc) is 3.56. The summed E-state index contributed by atoms with van der Waals surface area (Å²) in [6, 6.07) is 46.1. The van der Waals surface area contributed by atoms with Crippen molar-refractivity contribution in [3.8, 4) is 0 Å². The maximum atomic E-state index is 8.27. The van der Waals surface area contributed by atoms with Gasteiger partial charge in [-0.1, -0.05) is 146 Å². The van der Waals surface area contributed by atoms with Crippen molar-refractivity contribution in [3.05, 3.63) is 194 Å². The Labute approximate surface area is 487 Å². The number of allylic oxidation sites excluding steroid dienone is 4. The van der Waals surface area contributed by atoms with Crippen molar-refractivity contribution in [2.45, 2.75) is 177 Å². The minimum atomic E-state index is -4.18. The second kappa shape index (κ2) is 29.3. The van der Waals surface area contributed by atoms with Crippen LogP contribution in [-0.2, 0) is 75.1 Å². The Morgan fingerprint density at radius 2 is 0.388 bits per heavy atom. The number of benzene rings is 4. The largest absolute Gasteiger partial charge is 0.478 e. The van der Waals surface area contributed by atoms with Gasteiger partial charge in [0, 0.05) is 48.4 Å². The first kappa shape index (κ1) is 61.6. The van der Waals surface area contributed by atoms with Gasteiger partial charge in [0.2, 0.25) is 0 Å². The fraction of sp³-hybridized carbons (Fsp3) is 0.467. The fourth-order valence-corrected chi connectivity index (χ4v) is 62.4. The summed E-state index contributed by atoms with van der Waals surface area (Å²) in [5.41, 5.74) is 4.87. The summed E-state index contributed by atoms with van der Waals surface area (Å²) >= 11 is 0. The highest BCUT2D eigenvalue weighted by Gasteiger charge is 2.82. The third kappa shape index (κ3) is 16.7. The van der Waals surface area contributed by atoms with E-state index in [-0.39, 0.29) is 0 Å². The molecule has 6 aliphatic rings. The highest BCUT2D eigenvalue weighted by Crippen LogP contribution is 2.55. The van der Waals surface area contributed by atoms with Gasteiger partial charge in [0.05, 0.1) is 0 Å². The number of unbranched alkanes of at least 4 members (excludes halogenated alkanes) is 8. The average molecular weight is 1230 g/mol. The third-order valence-electron chi connectivity index (χ3n) is 15.5. The van der Waals surface area contributed by atoms with E-state index in [1.165, 1.54) is 22.3 Å². The van der Waals surface area contributed by atoms with E-state index in [9.17, 15) is 0 Å². The van der Waals surface area contributed by atoms with E-state index in [1.807, 2.05) is 24.3 Å². The summed E-state index contributed by atoms with van der Waals surface area (Å²) in [6.45, 7) is 16.4. The van der Waals surface area contributed by atoms with Crippen molar-refractivity contribution in [1.82, 2.24) is 0 Å². The summed E-state index contributed by atoms with van der Waals surface area (Å²) in [7, 11) is -33.2. The second-order valence-electron chi connectivity index (χ2n) is 22.2. The zero-order valence-electron chi connectivity index (χ0n) is 47.4. The molecule has 80 heavy (non-hydrogen) atoms.